The minimum atomic E-state index is 0.407. The molecule has 0 saturated carbocycles. The van der Waals surface area contributed by atoms with Crippen molar-refractivity contribution in [3.63, 3.8) is 0 Å². The number of rotatable bonds is 4. The van der Waals surface area contributed by atoms with Crippen LogP contribution in [0.15, 0.2) is 47.0 Å². The van der Waals surface area contributed by atoms with Gasteiger partial charge in [-0.05, 0) is 24.4 Å². The summed E-state index contributed by atoms with van der Waals surface area (Å²) in [7, 11) is 0. The molecule has 0 spiro atoms. The van der Waals surface area contributed by atoms with Crippen LogP contribution in [0.25, 0.3) is 10.8 Å². The molecule has 0 fully saturated rings. The van der Waals surface area contributed by atoms with E-state index in [-0.39, 0.29) is 0 Å². The van der Waals surface area contributed by atoms with Gasteiger partial charge in [-0.15, -0.1) is 0 Å². The number of benzene rings is 2. The number of hydrogen-bond acceptors (Lipinski definition) is 4. The summed E-state index contributed by atoms with van der Waals surface area (Å²) in [6, 6.07) is 13.9. The summed E-state index contributed by atoms with van der Waals surface area (Å²) in [5.74, 6) is 0.806. The van der Waals surface area contributed by atoms with E-state index < -0.39 is 0 Å². The van der Waals surface area contributed by atoms with Gasteiger partial charge >= 0.3 is 0 Å². The molecular weight excluding hydrogens is 282 g/mol. The van der Waals surface area contributed by atoms with E-state index in [9.17, 15) is 0 Å². The lowest BCUT2D eigenvalue weighted by atomic mass is 10.0. The molecule has 0 aliphatic rings. The van der Waals surface area contributed by atoms with E-state index in [1.54, 1.807) is 0 Å². The fourth-order valence-corrected chi connectivity index (χ4v) is 2.53. The number of aromatic nitrogens is 1. The molecule has 2 aromatic carbocycles. The van der Waals surface area contributed by atoms with Gasteiger partial charge in [0, 0.05) is 22.7 Å². The maximum atomic E-state index is 5.79. The quantitative estimate of drug-likeness (QED) is 0.723. The van der Waals surface area contributed by atoms with Crippen LogP contribution in [0.3, 0.4) is 0 Å². The zero-order chi connectivity index (χ0) is 14.8. The molecule has 0 aliphatic heterocycles. The first-order chi connectivity index (χ1) is 10.1. The second-order valence-corrected chi connectivity index (χ2v) is 5.29. The summed E-state index contributed by atoms with van der Waals surface area (Å²) in [6.45, 7) is 2.48. The van der Waals surface area contributed by atoms with Crippen LogP contribution in [0.1, 0.15) is 17.0 Å². The van der Waals surface area contributed by atoms with Gasteiger partial charge in [0.15, 0.2) is 0 Å². The van der Waals surface area contributed by atoms with E-state index >= 15 is 0 Å². The summed E-state index contributed by atoms with van der Waals surface area (Å²) in [5, 5.41) is 9.49. The van der Waals surface area contributed by atoms with E-state index in [1.807, 2.05) is 49.4 Å². The van der Waals surface area contributed by atoms with Gasteiger partial charge in [-0.2, -0.15) is 0 Å². The third-order valence-corrected chi connectivity index (χ3v) is 3.55. The van der Waals surface area contributed by atoms with Crippen molar-refractivity contribution >= 4 is 33.7 Å². The average molecular weight is 297 g/mol. The highest BCUT2D eigenvalue weighted by molar-refractivity contribution is 7.80. The molecule has 21 heavy (non-hydrogen) atoms. The zero-order valence-corrected chi connectivity index (χ0v) is 12.4. The molecule has 4 nitrogen and oxygen atoms in total. The normalized spacial score (nSPS) is 10.7. The van der Waals surface area contributed by atoms with Gasteiger partial charge in [-0.3, -0.25) is 0 Å². The molecule has 1 aromatic heterocycles. The van der Waals surface area contributed by atoms with Crippen LogP contribution in [0, 0.1) is 6.92 Å². The first-order valence-corrected chi connectivity index (χ1v) is 7.03. The van der Waals surface area contributed by atoms with E-state index in [1.165, 1.54) is 0 Å². The molecule has 0 bridgehead atoms. The summed E-state index contributed by atoms with van der Waals surface area (Å²) in [5.41, 5.74) is 8.57. The average Bonchev–Trinajstić information content (AvgIpc) is 2.90. The topological polar surface area (TPSA) is 64.1 Å². The second-order valence-electron chi connectivity index (χ2n) is 4.85. The summed E-state index contributed by atoms with van der Waals surface area (Å²) < 4.78 is 5.07. The Kier molecular flexibility index (Phi) is 3.58. The Morgan fingerprint density at radius 3 is 2.67 bits per heavy atom. The first-order valence-electron chi connectivity index (χ1n) is 6.63. The van der Waals surface area contributed by atoms with Crippen LogP contribution in [0.4, 0.5) is 5.69 Å². The lowest BCUT2D eigenvalue weighted by molar-refractivity contribution is 0.391. The van der Waals surface area contributed by atoms with E-state index in [0.717, 1.165) is 33.5 Å². The molecule has 106 valence electrons. The number of nitrogens with two attached hydrogens (primary N) is 1. The Morgan fingerprint density at radius 1 is 1.24 bits per heavy atom. The Morgan fingerprint density at radius 2 is 2.00 bits per heavy atom. The lowest BCUT2D eigenvalue weighted by Crippen LogP contribution is -2.10. The SMILES string of the molecule is Cc1cc(CNc2ccc(C(N)=S)c3ccccc23)no1. The number of hydrogen-bond donors (Lipinski definition) is 2. The van der Waals surface area contributed by atoms with Crippen molar-refractivity contribution in [2.24, 2.45) is 5.73 Å². The highest BCUT2D eigenvalue weighted by atomic mass is 32.1. The molecule has 3 N–H and O–H groups in total. The standard InChI is InChI=1S/C16H15N3OS/c1-10-8-11(19-20-10)9-18-15-7-6-14(16(17)21)12-4-2-3-5-13(12)15/h2-8,18H,9H2,1H3,(H2,17,21). The second kappa shape index (κ2) is 5.54. The predicted molar refractivity (Wildman–Crippen MR) is 88.4 cm³/mol. The predicted octanol–water partition coefficient (Wildman–Crippen LogP) is 3.38. The lowest BCUT2D eigenvalue weighted by Gasteiger charge is -2.11. The van der Waals surface area contributed by atoms with Crippen LogP contribution in [0.5, 0.6) is 0 Å². The van der Waals surface area contributed by atoms with Gasteiger partial charge in [-0.25, -0.2) is 0 Å². The molecular formula is C16H15N3OS. The fraction of sp³-hybridized carbons (Fsp3) is 0.125. The molecule has 0 radical (unpaired) electrons. The minimum absolute atomic E-state index is 0.407. The van der Waals surface area contributed by atoms with E-state index in [0.29, 0.717) is 11.5 Å². The smallest absolute Gasteiger partial charge is 0.133 e. The van der Waals surface area contributed by atoms with Gasteiger partial charge in [-0.1, -0.05) is 41.6 Å². The number of nitrogens with zero attached hydrogens (tertiary/aromatic N) is 1. The monoisotopic (exact) mass is 297 g/mol. The number of nitrogens with one attached hydrogen (secondary N) is 1. The van der Waals surface area contributed by atoms with Crippen molar-refractivity contribution in [3.8, 4) is 0 Å². The van der Waals surface area contributed by atoms with Gasteiger partial charge in [0.25, 0.3) is 0 Å². The first kappa shape index (κ1) is 13.6. The third-order valence-electron chi connectivity index (χ3n) is 3.33. The molecule has 0 atom stereocenters. The maximum absolute atomic E-state index is 5.79. The minimum Gasteiger partial charge on any atom is -0.389 e. The Balaban J connectivity index is 1.96. The van der Waals surface area contributed by atoms with Crippen molar-refractivity contribution in [3.05, 3.63) is 59.5 Å². The van der Waals surface area contributed by atoms with Crippen LogP contribution in [-0.2, 0) is 6.54 Å². The zero-order valence-electron chi connectivity index (χ0n) is 11.6. The summed E-state index contributed by atoms with van der Waals surface area (Å²) in [6.07, 6.45) is 0. The Labute approximate surface area is 127 Å². The van der Waals surface area contributed by atoms with Crippen LogP contribution in [-0.4, -0.2) is 10.1 Å². The van der Waals surface area contributed by atoms with Gasteiger partial charge in [0.05, 0.1) is 6.54 Å². The molecule has 0 aliphatic carbocycles. The number of fused-ring (bicyclic) bond motifs is 1. The molecule has 1 heterocycles. The largest absolute Gasteiger partial charge is 0.389 e. The Hall–Kier alpha value is -2.40. The fourth-order valence-electron chi connectivity index (χ4n) is 2.36. The van der Waals surface area contributed by atoms with Crippen LogP contribution >= 0.6 is 12.2 Å². The molecule has 0 saturated heterocycles. The van der Waals surface area contributed by atoms with Crippen molar-refractivity contribution in [1.29, 1.82) is 0 Å². The van der Waals surface area contributed by atoms with Gasteiger partial charge < -0.3 is 15.6 Å². The van der Waals surface area contributed by atoms with Crippen LogP contribution < -0.4 is 11.1 Å². The van der Waals surface area contributed by atoms with Gasteiger partial charge in [0.2, 0.25) is 0 Å². The number of thiocarbonyl (C=S) groups is 1. The maximum Gasteiger partial charge on any atom is 0.133 e. The number of aryl methyl sites for hydroxylation is 1. The number of anilines is 1. The van der Waals surface area contributed by atoms with Crippen molar-refractivity contribution in [2.45, 2.75) is 13.5 Å². The molecule has 0 amide bonds. The highest BCUT2D eigenvalue weighted by Gasteiger charge is 2.08. The molecule has 3 rings (SSSR count). The van der Waals surface area contributed by atoms with Crippen molar-refractivity contribution < 1.29 is 4.52 Å². The molecule has 5 heteroatoms. The van der Waals surface area contributed by atoms with Crippen LogP contribution in [0.2, 0.25) is 0 Å². The summed E-state index contributed by atoms with van der Waals surface area (Å²) in [4.78, 5) is 0.407. The molecule has 0 unspecified atom stereocenters. The van der Waals surface area contributed by atoms with Gasteiger partial charge in [0.1, 0.15) is 16.4 Å². The van der Waals surface area contributed by atoms with E-state index in [4.69, 9.17) is 22.5 Å². The van der Waals surface area contributed by atoms with E-state index in [2.05, 4.69) is 10.5 Å². The molecule has 3 aromatic rings. The summed E-state index contributed by atoms with van der Waals surface area (Å²) >= 11 is 5.11. The Bertz CT molecular complexity index is 810. The third kappa shape index (κ3) is 2.73. The van der Waals surface area contributed by atoms with Crippen molar-refractivity contribution in [1.82, 2.24) is 5.16 Å². The highest BCUT2D eigenvalue weighted by Crippen LogP contribution is 2.27. The van der Waals surface area contributed by atoms with Crippen molar-refractivity contribution in [2.75, 3.05) is 5.32 Å².